The van der Waals surface area contributed by atoms with Gasteiger partial charge in [0.15, 0.2) is 0 Å². The Labute approximate surface area is 100 Å². The van der Waals surface area contributed by atoms with E-state index in [4.69, 9.17) is 11.6 Å². The van der Waals surface area contributed by atoms with E-state index in [-0.39, 0.29) is 5.75 Å². The average molecular weight is 320 g/mol. The lowest BCUT2D eigenvalue weighted by atomic mass is 10.1. The first kappa shape index (κ1) is 9.98. The van der Waals surface area contributed by atoms with E-state index >= 15 is 0 Å². The van der Waals surface area contributed by atoms with Crippen LogP contribution in [-0.2, 0) is 0 Å². The fourth-order valence-corrected chi connectivity index (χ4v) is 2.03. The monoisotopic (exact) mass is 319 g/mol. The molecule has 1 N–H and O–H groups in total. The second kappa shape index (κ2) is 3.55. The van der Waals surface area contributed by atoms with Crippen LogP contribution in [0, 0.1) is 10.5 Å². The van der Waals surface area contributed by atoms with Crippen molar-refractivity contribution < 1.29 is 5.11 Å². The molecule has 14 heavy (non-hydrogen) atoms. The Bertz CT molecular complexity index is 513. The third kappa shape index (κ3) is 1.54. The minimum Gasteiger partial charge on any atom is -0.508 e. The molecule has 0 radical (unpaired) electrons. The van der Waals surface area contributed by atoms with Gasteiger partial charge in [-0.05, 0) is 47.2 Å². The molecule has 0 fully saturated rings. The number of aromatic hydroxyl groups is 1. The van der Waals surface area contributed by atoms with Gasteiger partial charge in [0.05, 0.1) is 14.1 Å². The van der Waals surface area contributed by atoms with Crippen LogP contribution in [0.1, 0.15) is 5.56 Å². The van der Waals surface area contributed by atoms with Crippen LogP contribution in [0.3, 0.4) is 0 Å². The summed E-state index contributed by atoms with van der Waals surface area (Å²) in [5, 5.41) is 10.9. The molecule has 72 valence electrons. The van der Waals surface area contributed by atoms with Gasteiger partial charge < -0.3 is 5.11 Å². The summed E-state index contributed by atoms with van der Waals surface area (Å²) in [6, 6.07) is 3.32. The lowest BCUT2D eigenvalue weighted by Crippen LogP contribution is -1.87. The minimum atomic E-state index is 0.223. The Morgan fingerprint density at radius 3 is 2.86 bits per heavy atom. The Hall–Kier alpha value is -0.550. The number of aryl methyl sites for hydroxylation is 1. The molecular weight excluding hydrogens is 312 g/mol. The predicted molar refractivity (Wildman–Crippen MR) is 65.9 cm³/mol. The van der Waals surface area contributed by atoms with E-state index in [0.717, 1.165) is 20.0 Å². The number of halogens is 2. The van der Waals surface area contributed by atoms with E-state index < -0.39 is 0 Å². The topological polar surface area (TPSA) is 33.1 Å². The number of aromatic nitrogens is 1. The summed E-state index contributed by atoms with van der Waals surface area (Å²) < 4.78 is 0.891. The molecule has 0 saturated carbocycles. The zero-order valence-corrected chi connectivity index (χ0v) is 10.3. The molecule has 0 aliphatic heterocycles. The standard InChI is InChI=1S/C10H7ClINO/c1-5-2-6(14)3-7-9(11)8(12)4-13-10(5)7/h2-4,14H,1H3. The number of phenols is 1. The maximum absolute atomic E-state index is 9.44. The van der Waals surface area contributed by atoms with Crippen LogP contribution in [0.2, 0.25) is 5.02 Å². The highest BCUT2D eigenvalue weighted by Crippen LogP contribution is 2.31. The molecule has 1 aromatic carbocycles. The molecule has 0 unspecified atom stereocenters. The number of nitrogens with zero attached hydrogens (tertiary/aromatic N) is 1. The summed E-state index contributed by atoms with van der Waals surface area (Å²) in [5.74, 6) is 0.223. The largest absolute Gasteiger partial charge is 0.508 e. The predicted octanol–water partition coefficient (Wildman–Crippen LogP) is 3.51. The van der Waals surface area contributed by atoms with Crippen molar-refractivity contribution >= 4 is 45.1 Å². The molecule has 0 atom stereocenters. The molecule has 1 aromatic heterocycles. The van der Waals surface area contributed by atoms with E-state index in [0.29, 0.717) is 5.02 Å². The number of hydrogen-bond donors (Lipinski definition) is 1. The summed E-state index contributed by atoms with van der Waals surface area (Å²) in [4.78, 5) is 4.28. The van der Waals surface area contributed by atoms with Crippen LogP contribution in [0.25, 0.3) is 10.9 Å². The molecule has 0 saturated heterocycles. The van der Waals surface area contributed by atoms with Crippen LogP contribution in [0.15, 0.2) is 18.3 Å². The first-order chi connectivity index (χ1) is 6.59. The fourth-order valence-electron chi connectivity index (χ4n) is 1.41. The molecule has 0 aliphatic carbocycles. The van der Waals surface area contributed by atoms with Gasteiger partial charge in [-0.2, -0.15) is 0 Å². The zero-order valence-electron chi connectivity index (χ0n) is 7.38. The van der Waals surface area contributed by atoms with Gasteiger partial charge in [-0.15, -0.1) is 0 Å². The maximum Gasteiger partial charge on any atom is 0.116 e. The van der Waals surface area contributed by atoms with Gasteiger partial charge in [0.25, 0.3) is 0 Å². The average Bonchev–Trinajstić information content (AvgIpc) is 2.12. The van der Waals surface area contributed by atoms with Gasteiger partial charge in [-0.25, -0.2) is 0 Å². The number of pyridine rings is 1. The second-order valence-electron chi connectivity index (χ2n) is 3.08. The molecule has 0 spiro atoms. The van der Waals surface area contributed by atoms with Crippen molar-refractivity contribution in [3.05, 3.63) is 32.5 Å². The number of rotatable bonds is 0. The van der Waals surface area contributed by atoms with Crippen LogP contribution in [0.5, 0.6) is 5.75 Å². The summed E-state index contributed by atoms with van der Waals surface area (Å²) >= 11 is 8.23. The van der Waals surface area contributed by atoms with Gasteiger partial charge in [0.2, 0.25) is 0 Å². The van der Waals surface area contributed by atoms with Gasteiger partial charge >= 0.3 is 0 Å². The van der Waals surface area contributed by atoms with E-state index in [9.17, 15) is 5.11 Å². The summed E-state index contributed by atoms with van der Waals surface area (Å²) in [6.45, 7) is 1.90. The van der Waals surface area contributed by atoms with Crippen molar-refractivity contribution in [1.82, 2.24) is 4.98 Å². The maximum atomic E-state index is 9.44. The normalized spacial score (nSPS) is 10.8. The molecule has 2 aromatic rings. The summed E-state index contributed by atoms with van der Waals surface area (Å²) in [5.41, 5.74) is 1.77. The van der Waals surface area contributed by atoms with Gasteiger partial charge in [-0.3, -0.25) is 4.98 Å². The van der Waals surface area contributed by atoms with E-state index in [2.05, 4.69) is 27.6 Å². The van der Waals surface area contributed by atoms with E-state index in [1.807, 2.05) is 6.92 Å². The molecule has 1 heterocycles. The van der Waals surface area contributed by atoms with E-state index in [1.165, 1.54) is 0 Å². The number of benzene rings is 1. The summed E-state index contributed by atoms with van der Waals surface area (Å²) in [6.07, 6.45) is 1.73. The Morgan fingerprint density at radius 2 is 2.14 bits per heavy atom. The fraction of sp³-hybridized carbons (Fsp3) is 0.100. The second-order valence-corrected chi connectivity index (χ2v) is 4.62. The smallest absolute Gasteiger partial charge is 0.116 e. The highest BCUT2D eigenvalue weighted by Gasteiger charge is 2.07. The van der Waals surface area contributed by atoms with Gasteiger partial charge in [-0.1, -0.05) is 11.6 Å². The van der Waals surface area contributed by atoms with Crippen LogP contribution in [-0.4, -0.2) is 10.1 Å². The van der Waals surface area contributed by atoms with Crippen molar-refractivity contribution in [3.8, 4) is 5.75 Å². The van der Waals surface area contributed by atoms with Crippen molar-refractivity contribution in [2.24, 2.45) is 0 Å². The lowest BCUT2D eigenvalue weighted by Gasteiger charge is -2.05. The Kier molecular flexibility index (Phi) is 2.53. The third-order valence-corrected chi connectivity index (χ3v) is 3.58. The van der Waals surface area contributed by atoms with E-state index in [1.54, 1.807) is 18.3 Å². The van der Waals surface area contributed by atoms with Crippen molar-refractivity contribution in [2.45, 2.75) is 6.92 Å². The molecule has 0 bridgehead atoms. The summed E-state index contributed by atoms with van der Waals surface area (Å²) in [7, 11) is 0. The molecule has 2 nitrogen and oxygen atoms in total. The van der Waals surface area contributed by atoms with Crippen molar-refractivity contribution in [1.29, 1.82) is 0 Å². The number of phenolic OH excluding ortho intramolecular Hbond substituents is 1. The van der Waals surface area contributed by atoms with Crippen LogP contribution >= 0.6 is 34.2 Å². The molecule has 4 heteroatoms. The Morgan fingerprint density at radius 1 is 1.43 bits per heavy atom. The van der Waals surface area contributed by atoms with Crippen LogP contribution < -0.4 is 0 Å². The lowest BCUT2D eigenvalue weighted by molar-refractivity contribution is 0.476. The van der Waals surface area contributed by atoms with Crippen molar-refractivity contribution in [2.75, 3.05) is 0 Å². The molecule has 0 aliphatic rings. The third-order valence-electron chi connectivity index (χ3n) is 2.04. The van der Waals surface area contributed by atoms with Crippen molar-refractivity contribution in [3.63, 3.8) is 0 Å². The van der Waals surface area contributed by atoms with Gasteiger partial charge in [0, 0.05) is 11.6 Å². The number of hydrogen-bond acceptors (Lipinski definition) is 2. The molecular formula is C10H7ClINO. The number of fused-ring (bicyclic) bond motifs is 1. The first-order valence-electron chi connectivity index (χ1n) is 4.03. The highest BCUT2D eigenvalue weighted by atomic mass is 127. The first-order valence-corrected chi connectivity index (χ1v) is 5.48. The SMILES string of the molecule is Cc1cc(O)cc2c(Cl)c(I)cnc12. The minimum absolute atomic E-state index is 0.223. The molecule has 0 amide bonds. The van der Waals surface area contributed by atoms with Crippen LogP contribution in [0.4, 0.5) is 0 Å². The van der Waals surface area contributed by atoms with Gasteiger partial charge in [0.1, 0.15) is 5.75 Å². The zero-order chi connectivity index (χ0) is 10.3. The quantitative estimate of drug-likeness (QED) is 0.754. The Balaban J connectivity index is 2.95. The molecule has 2 rings (SSSR count). The highest BCUT2D eigenvalue weighted by molar-refractivity contribution is 14.1.